The number of hydrogen-bond donors (Lipinski definition) is 2. The van der Waals surface area contributed by atoms with Crippen molar-refractivity contribution in [2.75, 3.05) is 31.6 Å². The van der Waals surface area contributed by atoms with Crippen LogP contribution in [0, 0.1) is 0 Å². The zero-order valence-electron chi connectivity index (χ0n) is 12.1. The van der Waals surface area contributed by atoms with Gasteiger partial charge >= 0.3 is 0 Å². The maximum Gasteiger partial charge on any atom is 0.244 e. The van der Waals surface area contributed by atoms with Gasteiger partial charge in [-0.25, -0.2) is 18.1 Å². The topological polar surface area (TPSA) is 80.3 Å². The molecule has 0 fully saturated rings. The van der Waals surface area contributed by atoms with Gasteiger partial charge in [0, 0.05) is 32.5 Å². The third-order valence-electron chi connectivity index (χ3n) is 2.51. The molecule has 0 spiro atoms. The summed E-state index contributed by atoms with van der Waals surface area (Å²) in [6.07, 6.45) is 3.18. The zero-order valence-corrected chi connectivity index (χ0v) is 12.9. The summed E-state index contributed by atoms with van der Waals surface area (Å²) in [5, 5.41) is 2.95. The highest BCUT2D eigenvalue weighted by Crippen LogP contribution is 2.17. The Labute approximate surface area is 121 Å². The second-order valence-corrected chi connectivity index (χ2v) is 5.98. The fourth-order valence-electron chi connectivity index (χ4n) is 1.61. The van der Waals surface area contributed by atoms with Gasteiger partial charge in [0.2, 0.25) is 10.0 Å². The van der Waals surface area contributed by atoms with Crippen LogP contribution in [-0.4, -0.2) is 39.7 Å². The Kier molecular flexibility index (Phi) is 7.50. The lowest BCUT2D eigenvalue weighted by Crippen LogP contribution is -2.26. The predicted molar refractivity (Wildman–Crippen MR) is 79.3 cm³/mol. The minimum atomic E-state index is -3.54. The Morgan fingerprint density at radius 3 is 2.80 bits per heavy atom. The Morgan fingerprint density at radius 1 is 1.30 bits per heavy atom. The highest BCUT2D eigenvalue weighted by Gasteiger charge is 2.18. The van der Waals surface area contributed by atoms with Crippen molar-refractivity contribution in [2.24, 2.45) is 0 Å². The van der Waals surface area contributed by atoms with Gasteiger partial charge in [-0.3, -0.25) is 0 Å². The Hall–Kier alpha value is -1.18. The molecule has 1 rings (SSSR count). The molecule has 0 amide bonds. The number of ether oxygens (including phenoxy) is 1. The van der Waals surface area contributed by atoms with E-state index in [4.69, 9.17) is 4.74 Å². The molecule has 114 valence electrons. The summed E-state index contributed by atoms with van der Waals surface area (Å²) in [4.78, 5) is 4.23. The van der Waals surface area contributed by atoms with Crippen molar-refractivity contribution in [3.05, 3.63) is 18.3 Å². The van der Waals surface area contributed by atoms with Gasteiger partial charge in [-0.2, -0.15) is 0 Å². The van der Waals surface area contributed by atoms with Crippen LogP contribution in [0.3, 0.4) is 0 Å². The number of nitrogens with zero attached hydrogens (tertiary/aromatic N) is 1. The van der Waals surface area contributed by atoms with E-state index < -0.39 is 10.0 Å². The van der Waals surface area contributed by atoms with Crippen molar-refractivity contribution in [1.82, 2.24) is 9.71 Å². The molecule has 0 radical (unpaired) electrons. The third kappa shape index (κ3) is 5.44. The fraction of sp³-hybridized carbons (Fsp3) is 0.615. The van der Waals surface area contributed by atoms with E-state index in [9.17, 15) is 8.42 Å². The van der Waals surface area contributed by atoms with Crippen LogP contribution in [0.5, 0.6) is 0 Å². The third-order valence-corrected chi connectivity index (χ3v) is 4.00. The molecule has 1 aromatic heterocycles. The number of sulfonamides is 1. The van der Waals surface area contributed by atoms with Crippen LogP contribution < -0.4 is 10.0 Å². The van der Waals surface area contributed by atoms with Crippen molar-refractivity contribution in [2.45, 2.75) is 31.6 Å². The average molecular weight is 301 g/mol. The number of nitrogens with one attached hydrogen (secondary N) is 2. The molecule has 20 heavy (non-hydrogen) atoms. The number of aromatic nitrogens is 1. The number of hydrogen-bond acceptors (Lipinski definition) is 5. The van der Waals surface area contributed by atoms with Crippen molar-refractivity contribution in [3.63, 3.8) is 0 Å². The molecule has 0 saturated carbocycles. The molecule has 0 aliphatic heterocycles. The van der Waals surface area contributed by atoms with Gasteiger partial charge in [-0.1, -0.05) is 6.92 Å². The van der Waals surface area contributed by atoms with Crippen LogP contribution >= 0.6 is 0 Å². The Bertz CT molecular complexity index is 491. The van der Waals surface area contributed by atoms with Crippen molar-refractivity contribution in [3.8, 4) is 0 Å². The first kappa shape index (κ1) is 16.9. The van der Waals surface area contributed by atoms with Gasteiger partial charge < -0.3 is 10.1 Å². The van der Waals surface area contributed by atoms with E-state index in [1.54, 1.807) is 18.3 Å². The van der Waals surface area contributed by atoms with Gasteiger partial charge in [0.1, 0.15) is 10.7 Å². The van der Waals surface area contributed by atoms with E-state index in [2.05, 4.69) is 15.0 Å². The highest BCUT2D eigenvalue weighted by molar-refractivity contribution is 7.89. The fourth-order valence-corrected chi connectivity index (χ4v) is 2.82. The Morgan fingerprint density at radius 2 is 2.10 bits per heavy atom. The first-order valence-electron chi connectivity index (χ1n) is 6.88. The predicted octanol–water partition coefficient (Wildman–Crippen LogP) is 1.61. The first-order valence-corrected chi connectivity index (χ1v) is 8.36. The molecule has 0 aromatic carbocycles. The number of rotatable bonds is 10. The Balaban J connectivity index is 2.56. The molecule has 6 nitrogen and oxygen atoms in total. The molecule has 0 saturated heterocycles. The van der Waals surface area contributed by atoms with Crippen LogP contribution in [0.1, 0.15) is 26.7 Å². The van der Waals surface area contributed by atoms with Gasteiger partial charge in [-0.05, 0) is 31.9 Å². The SMILES string of the molecule is CCCOCCCNS(=O)(=O)c1cccnc1NCC. The molecular weight excluding hydrogens is 278 g/mol. The van der Waals surface area contributed by atoms with Gasteiger partial charge in [0.15, 0.2) is 0 Å². The van der Waals surface area contributed by atoms with E-state index in [0.29, 0.717) is 38.5 Å². The minimum Gasteiger partial charge on any atom is -0.381 e. The smallest absolute Gasteiger partial charge is 0.244 e. The summed E-state index contributed by atoms with van der Waals surface area (Å²) in [5.74, 6) is 0.379. The van der Waals surface area contributed by atoms with Crippen LogP contribution in [0.15, 0.2) is 23.2 Å². The molecule has 0 aliphatic carbocycles. The van der Waals surface area contributed by atoms with Gasteiger partial charge in [0.25, 0.3) is 0 Å². The second-order valence-electron chi connectivity index (χ2n) is 4.24. The highest BCUT2D eigenvalue weighted by atomic mass is 32.2. The van der Waals surface area contributed by atoms with Crippen molar-refractivity contribution >= 4 is 15.8 Å². The second kappa shape index (κ2) is 8.89. The maximum absolute atomic E-state index is 12.2. The molecule has 0 aliphatic rings. The molecule has 0 bridgehead atoms. The summed E-state index contributed by atoms with van der Waals surface area (Å²) < 4.78 is 32.2. The lowest BCUT2D eigenvalue weighted by molar-refractivity contribution is 0.133. The summed E-state index contributed by atoms with van der Waals surface area (Å²) in [6.45, 7) is 6.16. The summed E-state index contributed by atoms with van der Waals surface area (Å²) in [6, 6.07) is 3.15. The van der Waals surface area contributed by atoms with Crippen LogP contribution in [-0.2, 0) is 14.8 Å². The van der Waals surface area contributed by atoms with E-state index >= 15 is 0 Å². The average Bonchev–Trinajstić information content (AvgIpc) is 2.43. The maximum atomic E-state index is 12.2. The normalized spacial score (nSPS) is 11.5. The number of anilines is 1. The molecule has 1 heterocycles. The van der Waals surface area contributed by atoms with Crippen molar-refractivity contribution < 1.29 is 13.2 Å². The largest absolute Gasteiger partial charge is 0.381 e. The molecular formula is C13H23N3O3S. The van der Waals surface area contributed by atoms with E-state index in [1.807, 2.05) is 13.8 Å². The quantitative estimate of drug-likeness (QED) is 0.642. The van der Waals surface area contributed by atoms with E-state index in [-0.39, 0.29) is 4.90 Å². The monoisotopic (exact) mass is 301 g/mol. The molecule has 0 unspecified atom stereocenters. The van der Waals surface area contributed by atoms with E-state index in [0.717, 1.165) is 6.42 Å². The van der Waals surface area contributed by atoms with Gasteiger partial charge in [0.05, 0.1) is 0 Å². The summed E-state index contributed by atoms with van der Waals surface area (Å²) >= 11 is 0. The lowest BCUT2D eigenvalue weighted by atomic mass is 10.4. The van der Waals surface area contributed by atoms with Crippen molar-refractivity contribution in [1.29, 1.82) is 0 Å². The zero-order chi connectivity index (χ0) is 14.8. The van der Waals surface area contributed by atoms with Crippen LogP contribution in [0.4, 0.5) is 5.82 Å². The first-order chi connectivity index (χ1) is 9.61. The van der Waals surface area contributed by atoms with Gasteiger partial charge in [-0.15, -0.1) is 0 Å². The standard InChI is InChI=1S/C13H23N3O3S/c1-3-10-19-11-6-9-16-20(17,18)12-7-5-8-15-13(12)14-4-2/h5,7-8,16H,3-4,6,9-11H2,1-2H3,(H,14,15). The summed E-state index contributed by atoms with van der Waals surface area (Å²) in [7, 11) is -3.54. The number of pyridine rings is 1. The van der Waals surface area contributed by atoms with Crippen LogP contribution in [0.25, 0.3) is 0 Å². The molecule has 1 aromatic rings. The lowest BCUT2D eigenvalue weighted by Gasteiger charge is -2.11. The van der Waals surface area contributed by atoms with E-state index in [1.165, 1.54) is 0 Å². The molecule has 0 atom stereocenters. The minimum absolute atomic E-state index is 0.177. The summed E-state index contributed by atoms with van der Waals surface area (Å²) in [5.41, 5.74) is 0. The molecule has 2 N–H and O–H groups in total. The van der Waals surface area contributed by atoms with Crippen LogP contribution in [0.2, 0.25) is 0 Å². The molecule has 7 heteroatoms.